The first kappa shape index (κ1) is 10.0. The molecule has 2 N–H and O–H groups in total. The molecule has 84 valence electrons. The molecule has 1 saturated carbocycles. The van der Waals surface area contributed by atoms with Gasteiger partial charge in [-0.15, -0.1) is 11.8 Å². The molecule has 1 aliphatic carbocycles. The first-order valence-electron chi connectivity index (χ1n) is 5.49. The maximum atomic E-state index is 10.8. The molecular formula is C12H13NO2S. The number of hydrogen-bond acceptors (Lipinski definition) is 3. The van der Waals surface area contributed by atoms with E-state index in [0.29, 0.717) is 0 Å². The number of carbonyl (C=O) groups is 1. The second kappa shape index (κ2) is 3.70. The van der Waals surface area contributed by atoms with Gasteiger partial charge in [0.2, 0.25) is 0 Å². The quantitative estimate of drug-likeness (QED) is 0.826. The van der Waals surface area contributed by atoms with Crippen LogP contribution < -0.4 is 5.32 Å². The fourth-order valence-electron chi connectivity index (χ4n) is 2.22. The second-order valence-corrected chi connectivity index (χ2v) is 5.45. The zero-order valence-electron chi connectivity index (χ0n) is 8.77. The average molecular weight is 235 g/mol. The Hall–Kier alpha value is -1.16. The van der Waals surface area contributed by atoms with Crippen LogP contribution in [0, 0.1) is 5.92 Å². The van der Waals surface area contributed by atoms with Gasteiger partial charge in [0, 0.05) is 22.9 Å². The molecule has 1 aromatic carbocycles. The first-order valence-corrected chi connectivity index (χ1v) is 6.47. The lowest BCUT2D eigenvalue weighted by atomic mass is 10.1. The second-order valence-electron chi connectivity index (χ2n) is 4.32. The number of aliphatic carboxylic acids is 1. The van der Waals surface area contributed by atoms with E-state index in [9.17, 15) is 4.79 Å². The molecule has 4 heteroatoms. The summed E-state index contributed by atoms with van der Waals surface area (Å²) in [6, 6.07) is 6.29. The predicted octanol–water partition coefficient (Wildman–Crippen LogP) is 2.39. The number of thioether (sulfide) groups is 1. The highest BCUT2D eigenvalue weighted by Crippen LogP contribution is 2.49. The van der Waals surface area contributed by atoms with Gasteiger partial charge in [0.1, 0.15) is 0 Å². The van der Waals surface area contributed by atoms with E-state index in [-0.39, 0.29) is 11.8 Å². The third kappa shape index (κ3) is 1.67. The Morgan fingerprint density at radius 3 is 3.12 bits per heavy atom. The van der Waals surface area contributed by atoms with E-state index in [1.165, 1.54) is 16.1 Å². The van der Waals surface area contributed by atoms with Crippen LogP contribution in [0.2, 0.25) is 0 Å². The normalized spacial score (nSPS) is 26.8. The van der Waals surface area contributed by atoms with E-state index in [1.54, 1.807) is 0 Å². The van der Waals surface area contributed by atoms with Crippen molar-refractivity contribution < 1.29 is 9.90 Å². The third-order valence-corrected chi connectivity index (χ3v) is 4.27. The smallest absolute Gasteiger partial charge is 0.307 e. The highest BCUT2D eigenvalue weighted by Gasteiger charge is 2.44. The molecule has 1 fully saturated rings. The monoisotopic (exact) mass is 235 g/mol. The van der Waals surface area contributed by atoms with Crippen molar-refractivity contribution in [3.05, 3.63) is 23.8 Å². The van der Waals surface area contributed by atoms with Gasteiger partial charge in [0.05, 0.1) is 5.92 Å². The zero-order valence-corrected chi connectivity index (χ0v) is 9.59. The molecular weight excluding hydrogens is 222 g/mol. The largest absolute Gasteiger partial charge is 0.481 e. The van der Waals surface area contributed by atoms with Crippen molar-refractivity contribution in [2.45, 2.75) is 17.2 Å². The topological polar surface area (TPSA) is 49.3 Å². The van der Waals surface area contributed by atoms with Gasteiger partial charge in [-0.05, 0) is 30.0 Å². The Bertz CT molecular complexity index is 447. The van der Waals surface area contributed by atoms with Crippen LogP contribution in [0.15, 0.2) is 23.1 Å². The molecule has 0 radical (unpaired) electrons. The summed E-state index contributed by atoms with van der Waals surface area (Å²) in [6.45, 7) is 1.01. The van der Waals surface area contributed by atoms with Crippen molar-refractivity contribution in [1.29, 1.82) is 0 Å². The SMILES string of the molecule is O=C(O)C1CC1c1ccc2c(c1)SCCN2. The molecule has 0 spiro atoms. The highest BCUT2D eigenvalue weighted by molar-refractivity contribution is 7.99. The summed E-state index contributed by atoms with van der Waals surface area (Å²) in [4.78, 5) is 12.1. The summed E-state index contributed by atoms with van der Waals surface area (Å²) < 4.78 is 0. The molecule has 0 bridgehead atoms. The Kier molecular flexibility index (Phi) is 2.32. The van der Waals surface area contributed by atoms with E-state index in [0.717, 1.165) is 18.7 Å². The van der Waals surface area contributed by atoms with E-state index in [4.69, 9.17) is 5.11 Å². The summed E-state index contributed by atoms with van der Waals surface area (Å²) in [5.41, 5.74) is 2.37. The number of carboxylic acid groups (broad SMARTS) is 1. The number of anilines is 1. The fourth-order valence-corrected chi connectivity index (χ4v) is 3.16. The number of carboxylic acids is 1. The fraction of sp³-hybridized carbons (Fsp3) is 0.417. The lowest BCUT2D eigenvalue weighted by Gasteiger charge is -2.18. The summed E-state index contributed by atoms with van der Waals surface area (Å²) in [5.74, 6) is 0.516. The highest BCUT2D eigenvalue weighted by atomic mass is 32.2. The summed E-state index contributed by atoms with van der Waals surface area (Å²) in [7, 11) is 0. The van der Waals surface area contributed by atoms with Crippen molar-refractivity contribution in [3.63, 3.8) is 0 Å². The van der Waals surface area contributed by atoms with Crippen LogP contribution in [0.4, 0.5) is 5.69 Å². The Balaban J connectivity index is 1.85. The minimum Gasteiger partial charge on any atom is -0.481 e. The molecule has 2 atom stereocenters. The lowest BCUT2D eigenvalue weighted by molar-refractivity contribution is -0.138. The van der Waals surface area contributed by atoms with Crippen LogP contribution in [0.3, 0.4) is 0 Å². The maximum Gasteiger partial charge on any atom is 0.307 e. The van der Waals surface area contributed by atoms with Crippen LogP contribution in [0.1, 0.15) is 17.9 Å². The van der Waals surface area contributed by atoms with Crippen LogP contribution in [-0.2, 0) is 4.79 Å². The van der Waals surface area contributed by atoms with Crippen LogP contribution in [0.25, 0.3) is 0 Å². The van der Waals surface area contributed by atoms with Gasteiger partial charge in [-0.3, -0.25) is 4.79 Å². The molecule has 0 aromatic heterocycles. The van der Waals surface area contributed by atoms with Gasteiger partial charge in [-0.2, -0.15) is 0 Å². The van der Waals surface area contributed by atoms with E-state index in [1.807, 2.05) is 11.8 Å². The number of rotatable bonds is 2. The van der Waals surface area contributed by atoms with Crippen molar-refractivity contribution in [1.82, 2.24) is 0 Å². The van der Waals surface area contributed by atoms with E-state index < -0.39 is 5.97 Å². The van der Waals surface area contributed by atoms with Gasteiger partial charge in [-0.1, -0.05) is 6.07 Å². The summed E-state index contributed by atoms with van der Waals surface area (Å²) in [5, 5.41) is 12.3. The van der Waals surface area contributed by atoms with Gasteiger partial charge < -0.3 is 10.4 Å². The maximum absolute atomic E-state index is 10.8. The molecule has 3 rings (SSSR count). The van der Waals surface area contributed by atoms with Crippen molar-refractivity contribution in [2.24, 2.45) is 5.92 Å². The zero-order chi connectivity index (χ0) is 11.1. The number of benzene rings is 1. The number of fused-ring (bicyclic) bond motifs is 1. The average Bonchev–Trinajstić information content (AvgIpc) is 3.08. The molecule has 0 amide bonds. The first-order chi connectivity index (χ1) is 7.75. The predicted molar refractivity (Wildman–Crippen MR) is 64.1 cm³/mol. The lowest BCUT2D eigenvalue weighted by Crippen LogP contribution is -2.10. The van der Waals surface area contributed by atoms with Crippen LogP contribution in [-0.4, -0.2) is 23.4 Å². The van der Waals surface area contributed by atoms with Gasteiger partial charge in [0.25, 0.3) is 0 Å². The van der Waals surface area contributed by atoms with Gasteiger partial charge >= 0.3 is 5.97 Å². The van der Waals surface area contributed by atoms with Crippen LogP contribution >= 0.6 is 11.8 Å². The van der Waals surface area contributed by atoms with Crippen molar-refractivity contribution >= 4 is 23.4 Å². The van der Waals surface area contributed by atoms with E-state index in [2.05, 4.69) is 23.5 Å². The third-order valence-electron chi connectivity index (χ3n) is 3.22. The van der Waals surface area contributed by atoms with Crippen LogP contribution in [0.5, 0.6) is 0 Å². The molecule has 0 saturated heterocycles. The molecule has 16 heavy (non-hydrogen) atoms. The van der Waals surface area contributed by atoms with Crippen molar-refractivity contribution in [3.8, 4) is 0 Å². The molecule has 2 aliphatic rings. The number of hydrogen-bond donors (Lipinski definition) is 2. The summed E-state index contributed by atoms with van der Waals surface area (Å²) in [6.07, 6.45) is 0.798. The molecule has 1 heterocycles. The molecule has 2 unspecified atom stereocenters. The molecule has 1 aliphatic heterocycles. The standard InChI is InChI=1S/C12H13NO2S/c14-12(15)9-6-8(9)7-1-2-10-11(5-7)16-4-3-13-10/h1-2,5,8-9,13H,3-4,6H2,(H,14,15). The van der Waals surface area contributed by atoms with Crippen molar-refractivity contribution in [2.75, 3.05) is 17.6 Å². The Morgan fingerprint density at radius 1 is 1.50 bits per heavy atom. The van der Waals surface area contributed by atoms with E-state index >= 15 is 0 Å². The molecule has 3 nitrogen and oxygen atoms in total. The molecule has 1 aromatic rings. The Labute approximate surface area is 98.2 Å². The minimum absolute atomic E-state index is 0.153. The minimum atomic E-state index is -0.659. The number of nitrogens with one attached hydrogen (secondary N) is 1. The van der Waals surface area contributed by atoms with Gasteiger partial charge in [0.15, 0.2) is 0 Å². The summed E-state index contributed by atoms with van der Waals surface area (Å²) >= 11 is 1.85. The van der Waals surface area contributed by atoms with Gasteiger partial charge in [-0.25, -0.2) is 0 Å². The Morgan fingerprint density at radius 2 is 2.38 bits per heavy atom.